The molecular weight excluding hydrogens is 228 g/mol. The Morgan fingerprint density at radius 2 is 2.06 bits per heavy atom. The average Bonchev–Trinajstić information content (AvgIpc) is 2.65. The molecule has 0 amide bonds. The summed E-state index contributed by atoms with van der Waals surface area (Å²) in [6.07, 6.45) is 4.78. The minimum Gasteiger partial charge on any atom is -0.312 e. The van der Waals surface area contributed by atoms with E-state index in [0.717, 1.165) is 25.9 Å². The molecule has 0 aliphatic heterocycles. The third-order valence-corrected chi connectivity index (χ3v) is 3.86. The fourth-order valence-electron chi connectivity index (χ4n) is 1.79. The van der Waals surface area contributed by atoms with Crippen LogP contribution in [0.4, 0.5) is 0 Å². The molecular formula is C14H26N2S. The Morgan fingerprint density at radius 3 is 2.65 bits per heavy atom. The highest BCUT2D eigenvalue weighted by Gasteiger charge is 2.11. The lowest BCUT2D eigenvalue weighted by Crippen LogP contribution is -2.12. The molecule has 98 valence electrons. The second-order valence-corrected chi connectivity index (χ2v) is 6.13. The van der Waals surface area contributed by atoms with Crippen LogP contribution in [0.15, 0.2) is 0 Å². The number of hydrogen-bond donors (Lipinski definition) is 1. The van der Waals surface area contributed by atoms with Crippen LogP contribution in [-0.2, 0) is 19.4 Å². The topological polar surface area (TPSA) is 24.9 Å². The standard InChI is InChI=1S/C14H26N2S/c1-5-7-8-14-16-12(9-11(3)4)13(17-14)10-15-6-2/h11,15H,5-10H2,1-4H3. The molecule has 0 aliphatic carbocycles. The van der Waals surface area contributed by atoms with Crippen molar-refractivity contribution in [3.05, 3.63) is 15.6 Å². The van der Waals surface area contributed by atoms with Crippen LogP contribution < -0.4 is 5.32 Å². The molecule has 2 nitrogen and oxygen atoms in total. The number of aryl methyl sites for hydroxylation is 1. The van der Waals surface area contributed by atoms with E-state index in [-0.39, 0.29) is 0 Å². The minimum atomic E-state index is 0.691. The molecule has 1 N–H and O–H groups in total. The van der Waals surface area contributed by atoms with Gasteiger partial charge in [0.25, 0.3) is 0 Å². The largest absolute Gasteiger partial charge is 0.312 e. The monoisotopic (exact) mass is 254 g/mol. The highest BCUT2D eigenvalue weighted by atomic mass is 32.1. The summed E-state index contributed by atoms with van der Waals surface area (Å²) in [6.45, 7) is 10.9. The maximum Gasteiger partial charge on any atom is 0.0931 e. The predicted octanol–water partition coefficient (Wildman–Crippen LogP) is 3.79. The van der Waals surface area contributed by atoms with E-state index < -0.39 is 0 Å². The summed E-state index contributed by atoms with van der Waals surface area (Å²) in [5.41, 5.74) is 1.33. The molecule has 0 aliphatic rings. The Hall–Kier alpha value is -0.410. The van der Waals surface area contributed by atoms with Crippen molar-refractivity contribution in [3.63, 3.8) is 0 Å². The van der Waals surface area contributed by atoms with Gasteiger partial charge >= 0.3 is 0 Å². The quantitative estimate of drug-likeness (QED) is 0.763. The summed E-state index contributed by atoms with van der Waals surface area (Å²) in [5, 5.41) is 4.75. The van der Waals surface area contributed by atoms with E-state index in [2.05, 4.69) is 33.0 Å². The van der Waals surface area contributed by atoms with Gasteiger partial charge in [0, 0.05) is 11.4 Å². The van der Waals surface area contributed by atoms with Gasteiger partial charge in [0.1, 0.15) is 0 Å². The van der Waals surface area contributed by atoms with Crippen LogP contribution in [0.25, 0.3) is 0 Å². The Labute approximate surface area is 110 Å². The van der Waals surface area contributed by atoms with E-state index in [4.69, 9.17) is 4.98 Å². The fourth-order valence-corrected chi connectivity index (χ4v) is 2.90. The smallest absolute Gasteiger partial charge is 0.0931 e. The first kappa shape index (κ1) is 14.7. The lowest BCUT2D eigenvalue weighted by molar-refractivity contribution is 0.625. The molecule has 0 unspecified atom stereocenters. The number of hydrogen-bond acceptors (Lipinski definition) is 3. The minimum absolute atomic E-state index is 0.691. The van der Waals surface area contributed by atoms with E-state index in [1.165, 1.54) is 28.4 Å². The highest BCUT2D eigenvalue weighted by molar-refractivity contribution is 7.11. The third-order valence-electron chi connectivity index (χ3n) is 2.70. The maximum atomic E-state index is 4.82. The first-order chi connectivity index (χ1) is 8.17. The molecule has 17 heavy (non-hydrogen) atoms. The van der Waals surface area contributed by atoms with E-state index in [1.807, 2.05) is 11.3 Å². The molecule has 3 heteroatoms. The van der Waals surface area contributed by atoms with E-state index in [0.29, 0.717) is 5.92 Å². The van der Waals surface area contributed by atoms with Crippen molar-refractivity contribution in [1.82, 2.24) is 10.3 Å². The Balaban J connectivity index is 2.71. The molecule has 0 saturated heterocycles. The first-order valence-electron chi connectivity index (χ1n) is 6.85. The van der Waals surface area contributed by atoms with Crippen LogP contribution in [0, 0.1) is 5.92 Å². The van der Waals surface area contributed by atoms with Gasteiger partial charge < -0.3 is 5.32 Å². The Bertz CT molecular complexity index is 318. The zero-order chi connectivity index (χ0) is 12.7. The van der Waals surface area contributed by atoms with Crippen LogP contribution in [0.5, 0.6) is 0 Å². The van der Waals surface area contributed by atoms with E-state index in [9.17, 15) is 0 Å². The molecule has 1 heterocycles. The zero-order valence-electron chi connectivity index (χ0n) is 11.7. The SMILES string of the molecule is CCCCc1nc(CC(C)C)c(CNCC)s1. The van der Waals surface area contributed by atoms with Crippen molar-refractivity contribution in [3.8, 4) is 0 Å². The molecule has 1 aromatic heterocycles. The number of aromatic nitrogens is 1. The van der Waals surface area contributed by atoms with Crippen LogP contribution in [0.2, 0.25) is 0 Å². The number of rotatable bonds is 8. The van der Waals surface area contributed by atoms with Crippen molar-refractivity contribution in [2.75, 3.05) is 6.54 Å². The second-order valence-electron chi connectivity index (χ2n) is 4.96. The molecule has 0 aromatic carbocycles. The lowest BCUT2D eigenvalue weighted by atomic mass is 10.1. The maximum absolute atomic E-state index is 4.82. The van der Waals surface area contributed by atoms with E-state index >= 15 is 0 Å². The molecule has 0 saturated carbocycles. The third kappa shape index (κ3) is 5.17. The molecule has 0 atom stereocenters. The number of nitrogens with zero attached hydrogens (tertiary/aromatic N) is 1. The number of unbranched alkanes of at least 4 members (excludes halogenated alkanes) is 1. The molecule has 1 aromatic rings. The van der Waals surface area contributed by atoms with Crippen LogP contribution >= 0.6 is 11.3 Å². The van der Waals surface area contributed by atoms with Crippen molar-refractivity contribution >= 4 is 11.3 Å². The summed E-state index contributed by atoms with van der Waals surface area (Å²) < 4.78 is 0. The van der Waals surface area contributed by atoms with Crippen LogP contribution in [-0.4, -0.2) is 11.5 Å². The summed E-state index contributed by atoms with van der Waals surface area (Å²) >= 11 is 1.91. The molecule has 0 radical (unpaired) electrons. The zero-order valence-corrected chi connectivity index (χ0v) is 12.5. The highest BCUT2D eigenvalue weighted by Crippen LogP contribution is 2.22. The van der Waals surface area contributed by atoms with Gasteiger partial charge in [-0.15, -0.1) is 11.3 Å². The molecule has 0 bridgehead atoms. The van der Waals surface area contributed by atoms with Gasteiger partial charge in [0.15, 0.2) is 0 Å². The van der Waals surface area contributed by atoms with Gasteiger partial charge in [0.05, 0.1) is 10.7 Å². The van der Waals surface area contributed by atoms with Crippen molar-refractivity contribution in [2.24, 2.45) is 5.92 Å². The van der Waals surface area contributed by atoms with Crippen molar-refractivity contribution in [1.29, 1.82) is 0 Å². The van der Waals surface area contributed by atoms with Crippen LogP contribution in [0.3, 0.4) is 0 Å². The van der Waals surface area contributed by atoms with Crippen molar-refractivity contribution < 1.29 is 0 Å². The van der Waals surface area contributed by atoms with Gasteiger partial charge in [-0.05, 0) is 31.7 Å². The fraction of sp³-hybridized carbons (Fsp3) is 0.786. The average molecular weight is 254 g/mol. The van der Waals surface area contributed by atoms with Gasteiger partial charge in [-0.2, -0.15) is 0 Å². The Kier molecular flexibility index (Phi) is 6.75. The van der Waals surface area contributed by atoms with E-state index in [1.54, 1.807) is 0 Å². The summed E-state index contributed by atoms with van der Waals surface area (Å²) in [5.74, 6) is 0.691. The predicted molar refractivity (Wildman–Crippen MR) is 76.6 cm³/mol. The summed E-state index contributed by atoms with van der Waals surface area (Å²) in [4.78, 5) is 6.27. The lowest BCUT2D eigenvalue weighted by Gasteiger charge is -2.04. The number of nitrogens with one attached hydrogen (secondary N) is 1. The van der Waals surface area contributed by atoms with Crippen LogP contribution in [0.1, 0.15) is 56.1 Å². The second kappa shape index (κ2) is 7.83. The van der Waals surface area contributed by atoms with Crippen molar-refractivity contribution in [2.45, 2.75) is 59.9 Å². The van der Waals surface area contributed by atoms with Gasteiger partial charge in [-0.3, -0.25) is 0 Å². The number of thiazole rings is 1. The molecule has 1 rings (SSSR count). The first-order valence-corrected chi connectivity index (χ1v) is 7.67. The molecule has 0 spiro atoms. The van der Waals surface area contributed by atoms with Gasteiger partial charge in [0.2, 0.25) is 0 Å². The Morgan fingerprint density at radius 1 is 1.29 bits per heavy atom. The normalized spacial score (nSPS) is 11.4. The summed E-state index contributed by atoms with van der Waals surface area (Å²) in [7, 11) is 0. The van der Waals surface area contributed by atoms with Gasteiger partial charge in [-0.25, -0.2) is 4.98 Å². The van der Waals surface area contributed by atoms with Gasteiger partial charge in [-0.1, -0.05) is 34.1 Å². The molecule has 0 fully saturated rings. The summed E-state index contributed by atoms with van der Waals surface area (Å²) in [6, 6.07) is 0.